The molecule has 1 atom stereocenters. The molecule has 120 valence electrons. The average Bonchev–Trinajstić information content (AvgIpc) is 2.89. The van der Waals surface area contributed by atoms with Crippen LogP contribution in [0.2, 0.25) is 0 Å². The van der Waals surface area contributed by atoms with E-state index < -0.39 is 6.04 Å². The Morgan fingerprint density at radius 1 is 1.32 bits per heavy atom. The van der Waals surface area contributed by atoms with Crippen molar-refractivity contribution in [3.63, 3.8) is 0 Å². The summed E-state index contributed by atoms with van der Waals surface area (Å²) >= 11 is 0. The molecule has 1 aromatic heterocycles. The normalized spacial score (nSPS) is 12.8. The highest BCUT2D eigenvalue weighted by molar-refractivity contribution is 5.86. The SMILES string of the molecule is CCc1cccc2c(CCNC(=O)[C@@H](N)CC(C)C)c[nH]c12. The largest absolute Gasteiger partial charge is 0.361 e. The fourth-order valence-corrected chi connectivity index (χ4v) is 2.84. The first kappa shape index (κ1) is 16.6. The first-order valence-electron chi connectivity index (χ1n) is 8.14. The van der Waals surface area contributed by atoms with E-state index in [0.717, 1.165) is 19.3 Å². The number of nitrogens with two attached hydrogens (primary N) is 1. The van der Waals surface area contributed by atoms with Gasteiger partial charge in [0.1, 0.15) is 0 Å². The minimum absolute atomic E-state index is 0.0530. The summed E-state index contributed by atoms with van der Waals surface area (Å²) in [6.45, 7) is 6.92. The summed E-state index contributed by atoms with van der Waals surface area (Å²) in [4.78, 5) is 15.3. The van der Waals surface area contributed by atoms with Crippen LogP contribution in [0, 0.1) is 5.92 Å². The van der Waals surface area contributed by atoms with Gasteiger partial charge in [-0.3, -0.25) is 4.79 Å². The summed E-state index contributed by atoms with van der Waals surface area (Å²) in [5.41, 5.74) is 9.66. The maximum absolute atomic E-state index is 11.9. The number of rotatable bonds is 7. The van der Waals surface area contributed by atoms with Crippen LogP contribution >= 0.6 is 0 Å². The summed E-state index contributed by atoms with van der Waals surface area (Å²) in [6.07, 6.45) is 4.59. The van der Waals surface area contributed by atoms with Crippen molar-refractivity contribution in [3.8, 4) is 0 Å². The summed E-state index contributed by atoms with van der Waals surface area (Å²) < 4.78 is 0. The van der Waals surface area contributed by atoms with Crippen LogP contribution in [0.3, 0.4) is 0 Å². The highest BCUT2D eigenvalue weighted by Gasteiger charge is 2.14. The molecular formula is C18H27N3O. The van der Waals surface area contributed by atoms with Gasteiger partial charge in [-0.05, 0) is 36.3 Å². The van der Waals surface area contributed by atoms with E-state index in [0.29, 0.717) is 12.5 Å². The van der Waals surface area contributed by atoms with Crippen LogP contribution in [0.5, 0.6) is 0 Å². The molecule has 0 aliphatic rings. The number of carbonyl (C=O) groups is 1. The van der Waals surface area contributed by atoms with Gasteiger partial charge in [-0.2, -0.15) is 0 Å². The Labute approximate surface area is 132 Å². The second-order valence-corrected chi connectivity index (χ2v) is 6.28. The maximum atomic E-state index is 11.9. The summed E-state index contributed by atoms with van der Waals surface area (Å²) in [6, 6.07) is 5.96. The number of fused-ring (bicyclic) bond motifs is 1. The molecule has 0 unspecified atom stereocenters. The predicted molar refractivity (Wildman–Crippen MR) is 91.8 cm³/mol. The number of aromatic nitrogens is 1. The van der Waals surface area contributed by atoms with Gasteiger partial charge >= 0.3 is 0 Å². The minimum Gasteiger partial charge on any atom is -0.361 e. The van der Waals surface area contributed by atoms with Crippen molar-refractivity contribution in [1.82, 2.24) is 10.3 Å². The lowest BCUT2D eigenvalue weighted by Gasteiger charge is -2.14. The van der Waals surface area contributed by atoms with Gasteiger partial charge < -0.3 is 16.0 Å². The Kier molecular flexibility index (Phi) is 5.61. The predicted octanol–water partition coefficient (Wildman–Crippen LogP) is 2.76. The quantitative estimate of drug-likeness (QED) is 0.736. The van der Waals surface area contributed by atoms with Crippen molar-refractivity contribution < 1.29 is 4.79 Å². The van der Waals surface area contributed by atoms with Gasteiger partial charge in [0.25, 0.3) is 0 Å². The van der Waals surface area contributed by atoms with Crippen LogP contribution < -0.4 is 11.1 Å². The van der Waals surface area contributed by atoms with Gasteiger partial charge in [0.15, 0.2) is 0 Å². The third kappa shape index (κ3) is 3.89. The zero-order valence-electron chi connectivity index (χ0n) is 13.8. The molecule has 4 N–H and O–H groups in total. The first-order valence-corrected chi connectivity index (χ1v) is 8.14. The van der Waals surface area contributed by atoms with Gasteiger partial charge in [-0.1, -0.05) is 39.0 Å². The molecule has 2 rings (SSSR count). The number of nitrogens with one attached hydrogen (secondary N) is 2. The van der Waals surface area contributed by atoms with Crippen LogP contribution in [0.15, 0.2) is 24.4 Å². The highest BCUT2D eigenvalue weighted by atomic mass is 16.2. The molecule has 1 heterocycles. The average molecular weight is 301 g/mol. The van der Waals surface area contributed by atoms with E-state index >= 15 is 0 Å². The maximum Gasteiger partial charge on any atom is 0.236 e. The zero-order chi connectivity index (χ0) is 16.1. The third-order valence-corrected chi connectivity index (χ3v) is 4.02. The number of hydrogen-bond donors (Lipinski definition) is 3. The molecule has 0 radical (unpaired) electrons. The van der Waals surface area contributed by atoms with Crippen LogP contribution in [-0.2, 0) is 17.6 Å². The van der Waals surface area contributed by atoms with E-state index in [4.69, 9.17) is 5.73 Å². The van der Waals surface area contributed by atoms with Gasteiger partial charge in [-0.25, -0.2) is 0 Å². The third-order valence-electron chi connectivity index (χ3n) is 4.02. The van der Waals surface area contributed by atoms with Gasteiger partial charge in [0.05, 0.1) is 6.04 Å². The lowest BCUT2D eigenvalue weighted by molar-refractivity contribution is -0.122. The molecule has 0 saturated carbocycles. The molecule has 2 aromatic rings. The minimum atomic E-state index is -0.408. The fraction of sp³-hybridized carbons (Fsp3) is 0.500. The first-order chi connectivity index (χ1) is 10.5. The molecule has 4 heteroatoms. The second-order valence-electron chi connectivity index (χ2n) is 6.28. The number of amides is 1. The number of aryl methyl sites for hydroxylation is 1. The zero-order valence-corrected chi connectivity index (χ0v) is 13.8. The number of para-hydroxylation sites is 1. The summed E-state index contributed by atoms with van der Waals surface area (Å²) in [7, 11) is 0. The topological polar surface area (TPSA) is 70.9 Å². The molecule has 0 aliphatic carbocycles. The Balaban J connectivity index is 1.94. The molecule has 0 saturated heterocycles. The van der Waals surface area contributed by atoms with Crippen LogP contribution in [0.1, 0.15) is 38.3 Å². The Morgan fingerprint density at radius 2 is 2.09 bits per heavy atom. The Hall–Kier alpha value is -1.81. The molecule has 22 heavy (non-hydrogen) atoms. The number of carbonyl (C=O) groups excluding carboxylic acids is 1. The van der Waals surface area contributed by atoms with E-state index in [1.807, 2.05) is 6.20 Å². The van der Waals surface area contributed by atoms with Crippen molar-refractivity contribution in [2.24, 2.45) is 11.7 Å². The monoisotopic (exact) mass is 301 g/mol. The van der Waals surface area contributed by atoms with Gasteiger partial charge in [0.2, 0.25) is 5.91 Å². The number of benzene rings is 1. The van der Waals surface area contributed by atoms with E-state index in [-0.39, 0.29) is 5.91 Å². The molecule has 4 nitrogen and oxygen atoms in total. The number of hydrogen-bond acceptors (Lipinski definition) is 2. The van der Waals surface area contributed by atoms with Crippen molar-refractivity contribution in [2.45, 2.75) is 46.1 Å². The van der Waals surface area contributed by atoms with Crippen molar-refractivity contribution in [1.29, 1.82) is 0 Å². The number of H-pyrrole nitrogens is 1. The smallest absolute Gasteiger partial charge is 0.236 e. The summed E-state index contributed by atoms with van der Waals surface area (Å²) in [5, 5.41) is 4.19. The standard InChI is InChI=1S/C18H27N3O/c1-4-13-6-5-7-15-14(11-21-17(13)15)8-9-20-18(22)16(19)10-12(2)3/h5-7,11-12,16,21H,4,8-10,19H2,1-3H3,(H,20,22)/t16-/m0/s1. The Morgan fingerprint density at radius 3 is 2.77 bits per heavy atom. The summed E-state index contributed by atoms with van der Waals surface area (Å²) in [5.74, 6) is 0.379. The lowest BCUT2D eigenvalue weighted by Crippen LogP contribution is -2.42. The van der Waals surface area contributed by atoms with E-state index in [9.17, 15) is 4.79 Å². The molecule has 0 aliphatic heterocycles. The van der Waals surface area contributed by atoms with E-state index in [1.54, 1.807) is 0 Å². The lowest BCUT2D eigenvalue weighted by atomic mass is 10.0. The van der Waals surface area contributed by atoms with Gasteiger partial charge in [0, 0.05) is 23.6 Å². The molecular weight excluding hydrogens is 274 g/mol. The van der Waals surface area contributed by atoms with Crippen molar-refractivity contribution in [2.75, 3.05) is 6.54 Å². The van der Waals surface area contributed by atoms with Crippen LogP contribution in [0.25, 0.3) is 10.9 Å². The molecule has 0 bridgehead atoms. The van der Waals surface area contributed by atoms with Crippen LogP contribution in [-0.4, -0.2) is 23.5 Å². The molecule has 0 fully saturated rings. The van der Waals surface area contributed by atoms with E-state index in [2.05, 4.69) is 49.3 Å². The second kappa shape index (κ2) is 7.45. The number of aromatic amines is 1. The highest BCUT2D eigenvalue weighted by Crippen LogP contribution is 2.22. The fourth-order valence-electron chi connectivity index (χ4n) is 2.84. The van der Waals surface area contributed by atoms with Gasteiger partial charge in [-0.15, -0.1) is 0 Å². The molecule has 1 amide bonds. The van der Waals surface area contributed by atoms with E-state index in [1.165, 1.54) is 22.0 Å². The van der Waals surface area contributed by atoms with Crippen molar-refractivity contribution in [3.05, 3.63) is 35.5 Å². The van der Waals surface area contributed by atoms with Crippen LogP contribution in [0.4, 0.5) is 0 Å². The Bertz CT molecular complexity index is 630. The molecule has 0 spiro atoms. The van der Waals surface area contributed by atoms with Crippen molar-refractivity contribution >= 4 is 16.8 Å². The molecule has 1 aromatic carbocycles.